The van der Waals surface area contributed by atoms with E-state index in [1.165, 1.54) is 4.90 Å². The van der Waals surface area contributed by atoms with Crippen LogP contribution >= 0.6 is 0 Å². The zero-order chi connectivity index (χ0) is 26.7. The van der Waals surface area contributed by atoms with E-state index in [1.54, 1.807) is 27.7 Å². The molecular weight excluding hydrogens is 466 g/mol. The minimum absolute atomic E-state index is 0.0330. The summed E-state index contributed by atoms with van der Waals surface area (Å²) in [5.74, 6) is -1.83. The van der Waals surface area contributed by atoms with E-state index in [2.05, 4.69) is 10.6 Å². The van der Waals surface area contributed by atoms with Crippen molar-refractivity contribution in [1.29, 1.82) is 0 Å². The number of carbonyl (C=O) groups is 4. The van der Waals surface area contributed by atoms with Gasteiger partial charge in [0.1, 0.15) is 23.2 Å². The lowest BCUT2D eigenvalue weighted by Crippen LogP contribution is -2.57. The summed E-state index contributed by atoms with van der Waals surface area (Å²) in [7, 11) is 0. The first kappa shape index (κ1) is 28.0. The van der Waals surface area contributed by atoms with Crippen molar-refractivity contribution < 1.29 is 33.8 Å². The Morgan fingerprint density at radius 2 is 1.97 bits per heavy atom. The molecule has 0 aromatic carbocycles. The van der Waals surface area contributed by atoms with Gasteiger partial charge < -0.3 is 30.1 Å². The number of carbonyl (C=O) groups excluding carboxylic acids is 4. The molecule has 1 saturated heterocycles. The van der Waals surface area contributed by atoms with Crippen molar-refractivity contribution in [2.24, 2.45) is 11.8 Å². The second-order valence-electron chi connectivity index (χ2n) is 11.1. The highest BCUT2D eigenvalue weighted by Crippen LogP contribution is 2.52. The van der Waals surface area contributed by atoms with Gasteiger partial charge in [0, 0.05) is 18.9 Å². The average molecular weight is 508 g/mol. The molecule has 1 aliphatic carbocycles. The van der Waals surface area contributed by atoms with Gasteiger partial charge in [0.05, 0.1) is 12.7 Å². The quantitative estimate of drug-likeness (QED) is 0.393. The van der Waals surface area contributed by atoms with Gasteiger partial charge in [0.15, 0.2) is 0 Å². The molecule has 10 heteroatoms. The third-order valence-electron chi connectivity index (χ3n) is 7.18. The van der Waals surface area contributed by atoms with E-state index in [4.69, 9.17) is 9.47 Å². The van der Waals surface area contributed by atoms with E-state index in [1.807, 2.05) is 19.1 Å². The van der Waals surface area contributed by atoms with Gasteiger partial charge in [0.25, 0.3) is 0 Å². The van der Waals surface area contributed by atoms with Gasteiger partial charge in [-0.15, -0.1) is 0 Å². The molecule has 0 spiro atoms. The summed E-state index contributed by atoms with van der Waals surface area (Å²) in [6.45, 7) is 8.97. The van der Waals surface area contributed by atoms with E-state index < -0.39 is 53.2 Å². The highest BCUT2D eigenvalue weighted by atomic mass is 16.6. The van der Waals surface area contributed by atoms with Gasteiger partial charge in [-0.05, 0) is 52.9 Å². The van der Waals surface area contributed by atoms with Crippen LogP contribution in [0.1, 0.15) is 73.1 Å². The van der Waals surface area contributed by atoms with Crippen molar-refractivity contribution in [2.45, 2.75) is 102 Å². The molecule has 3 N–H and O–H groups in total. The van der Waals surface area contributed by atoms with E-state index in [0.29, 0.717) is 12.8 Å². The van der Waals surface area contributed by atoms with Crippen LogP contribution in [0.5, 0.6) is 0 Å². The molecule has 3 aliphatic rings. The standard InChI is InChI=1S/C26H41N3O7/c1-6-35-23(33)26-16(2)18(26)12-10-8-7-9-11-13-19(27-24(34)36-25(3,4)5)22(32)29-15-17(30)14-20(29)21(31)28-26/h10,12,16-20,30H,6-9,11,13-15H2,1-5H3,(H,27,34)(H,28,31)/b12-10-/t16-,17+,18-,19+,20+,26-/m1/s1. The van der Waals surface area contributed by atoms with Crippen LogP contribution in [0.2, 0.25) is 0 Å². The monoisotopic (exact) mass is 507 g/mol. The molecule has 0 unspecified atom stereocenters. The molecule has 0 radical (unpaired) electrons. The lowest BCUT2D eigenvalue weighted by molar-refractivity contribution is -0.150. The zero-order valence-corrected chi connectivity index (χ0v) is 22.0. The maximum Gasteiger partial charge on any atom is 0.408 e. The Kier molecular flexibility index (Phi) is 8.69. The van der Waals surface area contributed by atoms with Crippen molar-refractivity contribution in [3.63, 3.8) is 0 Å². The van der Waals surface area contributed by atoms with Crippen LogP contribution in [-0.2, 0) is 23.9 Å². The van der Waals surface area contributed by atoms with Gasteiger partial charge in [0.2, 0.25) is 11.8 Å². The van der Waals surface area contributed by atoms with Crippen molar-refractivity contribution >= 4 is 23.9 Å². The fourth-order valence-electron chi connectivity index (χ4n) is 5.26. The predicted octanol–water partition coefficient (Wildman–Crippen LogP) is 2.05. The van der Waals surface area contributed by atoms with Crippen molar-refractivity contribution in [3.8, 4) is 0 Å². The molecule has 0 aromatic rings. The topological polar surface area (TPSA) is 134 Å². The maximum atomic E-state index is 13.6. The Morgan fingerprint density at radius 1 is 1.25 bits per heavy atom. The van der Waals surface area contributed by atoms with Crippen LogP contribution in [0.25, 0.3) is 0 Å². The summed E-state index contributed by atoms with van der Waals surface area (Å²) in [5.41, 5.74) is -1.93. The minimum Gasteiger partial charge on any atom is -0.464 e. The number of nitrogens with one attached hydrogen (secondary N) is 2. The molecule has 0 bridgehead atoms. The number of aliphatic hydroxyl groups is 1. The van der Waals surface area contributed by atoms with E-state index in [-0.39, 0.29) is 31.4 Å². The van der Waals surface area contributed by atoms with Gasteiger partial charge in [-0.2, -0.15) is 0 Å². The summed E-state index contributed by atoms with van der Waals surface area (Å²) in [4.78, 5) is 53.8. The Balaban J connectivity index is 1.88. The molecule has 1 saturated carbocycles. The van der Waals surface area contributed by atoms with Gasteiger partial charge in [-0.3, -0.25) is 9.59 Å². The molecule has 3 rings (SSSR count). The minimum atomic E-state index is -1.19. The molecular formula is C26H41N3O7. The molecule has 3 amide bonds. The van der Waals surface area contributed by atoms with Crippen LogP contribution in [0, 0.1) is 11.8 Å². The first-order valence-corrected chi connectivity index (χ1v) is 13.0. The Bertz CT molecular complexity index is 883. The third kappa shape index (κ3) is 6.19. The number of alkyl carbamates (subject to hydrolysis) is 1. The second-order valence-corrected chi connectivity index (χ2v) is 11.1. The first-order chi connectivity index (χ1) is 16.9. The predicted molar refractivity (Wildman–Crippen MR) is 132 cm³/mol. The number of hydrogen-bond donors (Lipinski definition) is 3. The SMILES string of the molecule is CCOC(=O)[C@]12NC(=O)[C@@H]3C[C@H](O)CN3C(=O)[C@@H](NC(=O)OC(C)(C)C)CCCCC/C=C\[C@@H]1[C@H]2C. The van der Waals surface area contributed by atoms with E-state index in [9.17, 15) is 24.3 Å². The fraction of sp³-hybridized carbons (Fsp3) is 0.769. The Labute approximate surface area is 213 Å². The lowest BCUT2D eigenvalue weighted by atomic mass is 10.0. The fourth-order valence-corrected chi connectivity index (χ4v) is 5.26. The summed E-state index contributed by atoms with van der Waals surface area (Å²) in [6, 6.07) is -1.86. The van der Waals surface area contributed by atoms with E-state index >= 15 is 0 Å². The molecule has 36 heavy (non-hydrogen) atoms. The number of nitrogens with zero attached hydrogens (tertiary/aromatic N) is 1. The Hall–Kier alpha value is -2.62. The first-order valence-electron chi connectivity index (χ1n) is 13.0. The molecule has 202 valence electrons. The molecule has 6 atom stereocenters. The number of ether oxygens (including phenoxy) is 2. The smallest absolute Gasteiger partial charge is 0.408 e. The maximum absolute atomic E-state index is 13.6. The molecule has 2 fully saturated rings. The van der Waals surface area contributed by atoms with Crippen molar-refractivity contribution in [1.82, 2.24) is 15.5 Å². The molecule has 2 heterocycles. The zero-order valence-electron chi connectivity index (χ0n) is 22.0. The average Bonchev–Trinajstić information content (AvgIpc) is 3.12. The molecule has 0 aromatic heterocycles. The number of amides is 3. The van der Waals surface area contributed by atoms with Gasteiger partial charge >= 0.3 is 12.1 Å². The summed E-state index contributed by atoms with van der Waals surface area (Å²) < 4.78 is 10.7. The van der Waals surface area contributed by atoms with Gasteiger partial charge in [-0.1, -0.05) is 31.9 Å². The van der Waals surface area contributed by atoms with Crippen molar-refractivity contribution in [2.75, 3.05) is 13.2 Å². The normalized spacial score (nSPS) is 34.3. The number of allylic oxidation sites excluding steroid dienone is 1. The van der Waals surface area contributed by atoms with Crippen LogP contribution in [0.15, 0.2) is 12.2 Å². The third-order valence-corrected chi connectivity index (χ3v) is 7.18. The summed E-state index contributed by atoms with van der Waals surface area (Å²) in [6.07, 6.45) is 6.05. The van der Waals surface area contributed by atoms with Gasteiger partial charge in [-0.25, -0.2) is 9.59 Å². The number of rotatable bonds is 3. The highest BCUT2D eigenvalue weighted by Gasteiger charge is 2.68. The highest BCUT2D eigenvalue weighted by molar-refractivity contribution is 5.97. The molecule has 2 aliphatic heterocycles. The van der Waals surface area contributed by atoms with Crippen LogP contribution in [-0.4, -0.2) is 76.4 Å². The molecule has 10 nitrogen and oxygen atoms in total. The number of hydrogen-bond acceptors (Lipinski definition) is 7. The Morgan fingerprint density at radius 3 is 2.64 bits per heavy atom. The second kappa shape index (κ2) is 11.2. The van der Waals surface area contributed by atoms with E-state index in [0.717, 1.165) is 19.3 Å². The van der Waals surface area contributed by atoms with Crippen LogP contribution in [0.4, 0.5) is 4.79 Å². The summed E-state index contributed by atoms with van der Waals surface area (Å²) >= 11 is 0. The number of fused-ring (bicyclic) bond motifs is 2. The van der Waals surface area contributed by atoms with Crippen LogP contribution in [0.3, 0.4) is 0 Å². The summed E-state index contributed by atoms with van der Waals surface area (Å²) in [5, 5.41) is 15.9. The number of esters is 1. The van der Waals surface area contributed by atoms with Crippen molar-refractivity contribution in [3.05, 3.63) is 12.2 Å². The lowest BCUT2D eigenvalue weighted by Gasteiger charge is -2.30. The largest absolute Gasteiger partial charge is 0.464 e. The van der Waals surface area contributed by atoms with Crippen LogP contribution < -0.4 is 10.6 Å². The number of aliphatic hydroxyl groups excluding tert-OH is 1.